The molecule has 15 N–H and O–H groups in total. The van der Waals surface area contributed by atoms with E-state index in [-0.39, 0.29) is 51.4 Å². The summed E-state index contributed by atoms with van der Waals surface area (Å²) in [4.78, 5) is 123. The highest BCUT2D eigenvalue weighted by Crippen LogP contribution is 2.33. The zero-order chi connectivity index (χ0) is 91.8. The summed E-state index contributed by atoms with van der Waals surface area (Å²) in [6.07, 6.45) is -17.7. The van der Waals surface area contributed by atoms with E-state index in [9.17, 15) is 112 Å². The van der Waals surface area contributed by atoms with E-state index in [4.69, 9.17) is 49.2 Å². The minimum Gasteiger partial charge on any atom is -0.394 e. The Kier molecular flexibility index (Phi) is 33.2. The van der Waals surface area contributed by atoms with Crippen molar-refractivity contribution in [3.8, 4) is 0 Å². The van der Waals surface area contributed by atoms with Gasteiger partial charge in [0.25, 0.3) is 27.8 Å². The van der Waals surface area contributed by atoms with Gasteiger partial charge in [-0.3, -0.25) is 69.6 Å². The van der Waals surface area contributed by atoms with Crippen LogP contribution in [-0.2, 0) is 82.1 Å². The van der Waals surface area contributed by atoms with Gasteiger partial charge >= 0.3 is 28.4 Å². The van der Waals surface area contributed by atoms with Crippen molar-refractivity contribution in [3.05, 3.63) is 344 Å². The summed E-state index contributed by atoms with van der Waals surface area (Å²) < 4.78 is 76.6. The maximum absolute atomic E-state index is 13.7. The minimum absolute atomic E-state index is 0.0107. The Morgan fingerprint density at radius 3 is 0.835 bits per heavy atom. The molecule has 5 unspecified atom stereocenters. The standard InChI is InChI=1S/3C17H19FN2O6.C17H20N2O6.C16H18N2O6/c18-11-3-1-10(2-4-11)5-7-19-13(22)6-8-20(17(19)25)16-15(24)14(23)12(9-21)26-16;18-11-3-1-2-10(8-11)4-6-19-13(22)5-7-20(17(19)25)16-15(24)14(23)12(9-21)26-16;18-11-4-2-1-3-10(11)5-7-19-13(22)6-8-20(17(19)25)16-15(24)14(23)12(9-21)26-16;20-10-12-14(22)15(23)16(25-12)19-9-7-13(21)18(17(19)24)8-6-11-4-2-1-3-5-11;19-9-11-13(21)14(22)15(24-11)17-7-6-12(20)18(16(17)23)8-10-4-2-1-3-5-10/h1-4,6,8,12,14-16,21,23-24H,5,7,9H2;1-3,5,7-8,12,14-16,21,23-24H,4,6,9H2;1-4,6,8,12,14-16,21,23-24H,5,7,9H2;1-5,7,9,12,14-16,20,22-23H,6,8,10H2;1-7,11,13-15,19,21-22H,8-9H2/t4*12-,14+,15?,16-;11-,13+,14?,15-/m11111/s1. The van der Waals surface area contributed by atoms with E-state index in [1.165, 1.54) is 73.3 Å². The zero-order valence-corrected chi connectivity index (χ0v) is 67.4. The molecule has 10 aromatic rings. The molecule has 5 aromatic carbocycles. The van der Waals surface area contributed by atoms with Crippen LogP contribution in [0, 0.1) is 17.5 Å². The topological polar surface area (TPSA) is 570 Å². The number of aryl methyl sites for hydroxylation is 4. The number of hydrogen-bond donors (Lipinski definition) is 15. The van der Waals surface area contributed by atoms with Crippen LogP contribution in [0.2, 0.25) is 0 Å². The molecule has 20 atom stereocenters. The average Bonchev–Trinajstić information content (AvgIpc) is 1.70. The first-order valence-electron chi connectivity index (χ1n) is 39.9. The zero-order valence-electron chi connectivity index (χ0n) is 67.4. The fraction of sp³-hybridized carbons (Fsp3) is 0.405. The van der Waals surface area contributed by atoms with Crippen LogP contribution < -0.4 is 56.2 Å². The molecule has 15 rings (SSSR count). The molecule has 682 valence electrons. The maximum atomic E-state index is 13.7. The minimum atomic E-state index is -1.44. The fourth-order valence-corrected chi connectivity index (χ4v) is 14.6. The molecule has 40 nitrogen and oxygen atoms in total. The number of aliphatic hydroxyl groups is 15. The van der Waals surface area contributed by atoms with Gasteiger partial charge in [-0.25, -0.2) is 37.1 Å². The maximum Gasteiger partial charge on any atom is 0.333 e. The third kappa shape index (κ3) is 22.4. The number of aliphatic hydroxyl groups excluding tert-OH is 15. The van der Waals surface area contributed by atoms with E-state index in [2.05, 4.69) is 0 Å². The van der Waals surface area contributed by atoms with Gasteiger partial charge in [0.2, 0.25) is 0 Å². The first-order chi connectivity index (χ1) is 60.8. The van der Waals surface area contributed by atoms with Gasteiger partial charge < -0.3 is 100 Å². The number of nitrogens with zero attached hydrogens (tertiary/aromatic N) is 10. The van der Waals surface area contributed by atoms with E-state index in [1.807, 2.05) is 36.4 Å². The van der Waals surface area contributed by atoms with Gasteiger partial charge in [-0.05, 0) is 83.8 Å². The van der Waals surface area contributed by atoms with Gasteiger partial charge in [-0.1, -0.05) is 103 Å². The second kappa shape index (κ2) is 43.8. The predicted molar refractivity (Wildman–Crippen MR) is 436 cm³/mol. The highest BCUT2D eigenvalue weighted by Gasteiger charge is 2.48. The highest BCUT2D eigenvalue weighted by molar-refractivity contribution is 5.21. The summed E-state index contributed by atoms with van der Waals surface area (Å²) in [6.45, 7) is -2.30. The molecule has 5 saturated heterocycles. The summed E-state index contributed by atoms with van der Waals surface area (Å²) in [5, 5.41) is 145. The van der Waals surface area contributed by atoms with Crippen LogP contribution in [0.4, 0.5) is 13.2 Å². The third-order valence-electron chi connectivity index (χ3n) is 21.7. The molecule has 0 spiro atoms. The second-order valence-corrected chi connectivity index (χ2v) is 29.9. The van der Waals surface area contributed by atoms with E-state index in [0.29, 0.717) is 24.0 Å². The van der Waals surface area contributed by atoms with Crippen LogP contribution in [0.1, 0.15) is 59.0 Å². The summed E-state index contributed by atoms with van der Waals surface area (Å²) in [5.74, 6) is -1.22. The number of rotatable bonds is 24. The highest BCUT2D eigenvalue weighted by atomic mass is 19.1. The van der Waals surface area contributed by atoms with Gasteiger partial charge in [0.15, 0.2) is 31.1 Å². The molecule has 0 aliphatic carbocycles. The molecule has 43 heteroatoms. The van der Waals surface area contributed by atoms with Crippen molar-refractivity contribution in [1.82, 2.24) is 45.7 Å². The van der Waals surface area contributed by atoms with Crippen LogP contribution in [0.15, 0.2) is 243 Å². The number of ether oxygens (including phenoxy) is 5. The van der Waals surface area contributed by atoms with Crippen molar-refractivity contribution in [1.29, 1.82) is 0 Å². The molecule has 5 aliphatic heterocycles. The largest absolute Gasteiger partial charge is 0.394 e. The molecule has 5 aromatic heterocycles. The number of aromatic nitrogens is 10. The number of hydrogen-bond acceptors (Lipinski definition) is 30. The van der Waals surface area contributed by atoms with Crippen molar-refractivity contribution in [3.63, 3.8) is 0 Å². The Labute approximate surface area is 714 Å². The molecule has 0 amide bonds. The monoisotopic (exact) mass is 1780 g/mol. The molecule has 0 radical (unpaired) electrons. The molecule has 0 bridgehead atoms. The van der Waals surface area contributed by atoms with Crippen LogP contribution in [0.25, 0.3) is 0 Å². The first kappa shape index (κ1) is 96.1. The Morgan fingerprint density at radius 1 is 0.260 bits per heavy atom. The van der Waals surface area contributed by atoms with Crippen molar-refractivity contribution < 1.29 is 113 Å². The van der Waals surface area contributed by atoms with Crippen LogP contribution >= 0.6 is 0 Å². The lowest BCUT2D eigenvalue weighted by atomic mass is 10.1. The quantitative estimate of drug-likeness (QED) is 0.0268. The summed E-state index contributed by atoms with van der Waals surface area (Å²) in [6, 6.07) is 41.9. The van der Waals surface area contributed by atoms with Gasteiger partial charge in [-0.15, -0.1) is 0 Å². The van der Waals surface area contributed by atoms with E-state index in [0.717, 1.165) is 86.8 Å². The smallest absolute Gasteiger partial charge is 0.333 e. The van der Waals surface area contributed by atoms with E-state index in [1.54, 1.807) is 60.7 Å². The van der Waals surface area contributed by atoms with Gasteiger partial charge in [0.1, 0.15) is 109 Å². The molecule has 10 heterocycles. The lowest BCUT2D eigenvalue weighted by Crippen LogP contribution is -2.43. The molecule has 127 heavy (non-hydrogen) atoms. The lowest BCUT2D eigenvalue weighted by molar-refractivity contribution is -0.0556. The van der Waals surface area contributed by atoms with Crippen molar-refractivity contribution in [2.24, 2.45) is 0 Å². The van der Waals surface area contributed by atoms with Crippen LogP contribution in [0.5, 0.6) is 0 Å². The molecular formula is C84H95F3N10O30. The molecule has 5 fully saturated rings. The SMILES string of the molecule is O=c1ccn([C@@H]2O[C@H](CO)[C@H](O)C2O)c(=O)n1CCc1ccc(F)cc1.O=c1ccn([C@@H]2O[C@H](CO)[C@H](O)C2O)c(=O)n1CCc1cccc(F)c1.O=c1ccn([C@@H]2O[C@H](CO)[C@H](O)C2O)c(=O)n1CCc1ccccc1.O=c1ccn([C@@H]2O[C@H](CO)[C@H](O)C2O)c(=O)n1CCc1ccccc1F.O=c1ccn([C@@H]2O[C@H](CO)[C@H](O)C2O)c(=O)n1Cc1ccccc1. The van der Waals surface area contributed by atoms with Crippen molar-refractivity contribution in [2.45, 2.75) is 181 Å². The first-order valence-corrected chi connectivity index (χ1v) is 39.9. The molecule has 0 saturated carbocycles. The van der Waals surface area contributed by atoms with Gasteiger partial charge in [0.05, 0.1) is 39.6 Å². The van der Waals surface area contributed by atoms with E-state index >= 15 is 0 Å². The van der Waals surface area contributed by atoms with Crippen molar-refractivity contribution >= 4 is 0 Å². The van der Waals surface area contributed by atoms with Crippen LogP contribution in [0.3, 0.4) is 0 Å². The normalized spacial score (nSPS) is 25.8. The van der Waals surface area contributed by atoms with Crippen LogP contribution in [-0.4, -0.2) is 247 Å². The second-order valence-electron chi connectivity index (χ2n) is 29.9. The molecule has 5 aliphatic rings. The van der Waals surface area contributed by atoms with Gasteiger partial charge in [0, 0.05) is 87.5 Å². The summed E-state index contributed by atoms with van der Waals surface area (Å²) in [7, 11) is 0. The van der Waals surface area contributed by atoms with E-state index < -0.39 is 224 Å². The summed E-state index contributed by atoms with van der Waals surface area (Å²) in [5.41, 5.74) is -2.60. The Morgan fingerprint density at radius 2 is 0.528 bits per heavy atom. The third-order valence-corrected chi connectivity index (χ3v) is 21.7. The molecular weight excluding hydrogens is 1690 g/mol. The summed E-state index contributed by atoms with van der Waals surface area (Å²) >= 11 is 0. The number of benzene rings is 5. The Bertz CT molecular complexity index is 5990. The number of halogens is 3. The Balaban J connectivity index is 0.000000154. The van der Waals surface area contributed by atoms with Gasteiger partial charge in [-0.2, -0.15) is 0 Å². The predicted octanol–water partition coefficient (Wildman–Crippen LogP) is -5.46. The Hall–Kier alpha value is -11.5. The lowest BCUT2D eigenvalue weighted by Gasteiger charge is -2.18. The fourth-order valence-electron chi connectivity index (χ4n) is 14.6. The van der Waals surface area contributed by atoms with Crippen molar-refractivity contribution in [2.75, 3.05) is 33.0 Å². The average molecular weight is 1780 g/mol.